The van der Waals surface area contributed by atoms with Gasteiger partial charge in [-0.2, -0.15) is 0 Å². The van der Waals surface area contributed by atoms with E-state index in [-0.39, 0.29) is 12.4 Å². The average molecular weight is 417 g/mol. The third-order valence-electron chi connectivity index (χ3n) is 5.29. The van der Waals surface area contributed by atoms with Crippen molar-refractivity contribution in [3.8, 4) is 5.75 Å². The van der Waals surface area contributed by atoms with Gasteiger partial charge in [-0.05, 0) is 48.9 Å². The van der Waals surface area contributed by atoms with E-state index in [0.29, 0.717) is 24.3 Å². The molecule has 0 amide bonds. The molecule has 1 fully saturated rings. The van der Waals surface area contributed by atoms with Crippen molar-refractivity contribution < 1.29 is 14.6 Å². The summed E-state index contributed by atoms with van der Waals surface area (Å²) in [5, 5.41) is 11.1. The number of aliphatic hydroxyl groups is 1. The van der Waals surface area contributed by atoms with Crippen molar-refractivity contribution in [1.29, 1.82) is 0 Å². The molecular formula is C23H29ClN2O3. The lowest BCUT2D eigenvalue weighted by molar-refractivity contribution is 0.0663. The highest BCUT2D eigenvalue weighted by molar-refractivity contribution is 6.30. The second kappa shape index (κ2) is 10.1. The molecule has 0 bridgehead atoms. The Hall–Kier alpha value is -2.08. The van der Waals surface area contributed by atoms with Crippen LogP contribution >= 0.6 is 11.6 Å². The van der Waals surface area contributed by atoms with E-state index < -0.39 is 6.10 Å². The van der Waals surface area contributed by atoms with Gasteiger partial charge in [0.15, 0.2) is 5.78 Å². The summed E-state index contributed by atoms with van der Waals surface area (Å²) in [4.78, 5) is 16.3. The van der Waals surface area contributed by atoms with Crippen molar-refractivity contribution in [2.45, 2.75) is 26.4 Å². The number of aryl methyl sites for hydroxylation is 1. The van der Waals surface area contributed by atoms with E-state index in [0.717, 1.165) is 31.2 Å². The van der Waals surface area contributed by atoms with Crippen LogP contribution in [0.3, 0.4) is 0 Å². The van der Waals surface area contributed by atoms with Crippen LogP contribution in [0.1, 0.15) is 29.3 Å². The largest absolute Gasteiger partial charge is 0.491 e. The van der Waals surface area contributed by atoms with Crippen LogP contribution in [0, 0.1) is 6.92 Å². The highest BCUT2D eigenvalue weighted by Crippen LogP contribution is 2.25. The zero-order valence-corrected chi connectivity index (χ0v) is 17.9. The number of ether oxygens (including phenoxy) is 1. The summed E-state index contributed by atoms with van der Waals surface area (Å²) in [7, 11) is 0. The van der Waals surface area contributed by atoms with Gasteiger partial charge in [0, 0.05) is 55.4 Å². The van der Waals surface area contributed by atoms with Gasteiger partial charge in [-0.25, -0.2) is 0 Å². The van der Waals surface area contributed by atoms with Crippen LogP contribution in [0.2, 0.25) is 5.02 Å². The zero-order valence-electron chi connectivity index (χ0n) is 17.1. The van der Waals surface area contributed by atoms with Crippen molar-refractivity contribution in [3.63, 3.8) is 0 Å². The standard InChI is InChI=1S/C23H29ClN2O3/c1-3-23(28)18-5-8-21(9-6-18)29-16-20(27)15-25-10-12-26(13-11-25)22-14-19(24)7-4-17(22)2/h4-9,14,20,27H,3,10-13,15-16H2,1-2H3. The third-order valence-corrected chi connectivity index (χ3v) is 5.53. The smallest absolute Gasteiger partial charge is 0.162 e. The Balaban J connectivity index is 1.43. The molecule has 1 aliphatic heterocycles. The Labute approximate surface area is 177 Å². The fourth-order valence-electron chi connectivity index (χ4n) is 3.58. The molecule has 156 valence electrons. The first-order valence-electron chi connectivity index (χ1n) is 10.1. The molecule has 6 heteroatoms. The lowest BCUT2D eigenvalue weighted by atomic mass is 10.1. The molecule has 2 aromatic carbocycles. The number of β-amino-alcohol motifs (C(OH)–C–C–N with tert-alkyl or cyclic N) is 1. The number of carbonyl (C=O) groups is 1. The van der Waals surface area contributed by atoms with Crippen molar-refractivity contribution in [2.75, 3.05) is 44.2 Å². The van der Waals surface area contributed by atoms with Gasteiger partial charge < -0.3 is 14.7 Å². The summed E-state index contributed by atoms with van der Waals surface area (Å²) in [5.74, 6) is 0.779. The van der Waals surface area contributed by atoms with E-state index in [1.165, 1.54) is 11.3 Å². The molecule has 0 aliphatic carbocycles. The summed E-state index contributed by atoms with van der Waals surface area (Å²) in [6.07, 6.45) is -0.0744. The number of rotatable bonds is 8. The molecule has 1 atom stereocenters. The van der Waals surface area contributed by atoms with E-state index in [9.17, 15) is 9.90 Å². The Morgan fingerprint density at radius 3 is 2.48 bits per heavy atom. The maximum absolute atomic E-state index is 11.7. The Morgan fingerprint density at radius 2 is 1.83 bits per heavy atom. The quantitative estimate of drug-likeness (QED) is 0.663. The summed E-state index contributed by atoms with van der Waals surface area (Å²) in [6, 6.07) is 13.1. The zero-order chi connectivity index (χ0) is 20.8. The van der Waals surface area contributed by atoms with Crippen LogP contribution in [0.15, 0.2) is 42.5 Å². The molecular weight excluding hydrogens is 388 g/mol. The minimum Gasteiger partial charge on any atom is -0.491 e. The van der Waals surface area contributed by atoms with Crippen LogP contribution in [-0.4, -0.2) is 61.2 Å². The number of anilines is 1. The summed E-state index contributed by atoms with van der Waals surface area (Å²) in [5.41, 5.74) is 3.10. The van der Waals surface area contributed by atoms with Crippen LogP contribution in [0.5, 0.6) is 5.75 Å². The van der Waals surface area contributed by atoms with Crippen LogP contribution in [0.25, 0.3) is 0 Å². The molecule has 0 radical (unpaired) electrons. The number of ketones is 1. The van der Waals surface area contributed by atoms with Crippen molar-refractivity contribution >= 4 is 23.1 Å². The van der Waals surface area contributed by atoms with Gasteiger partial charge in [0.25, 0.3) is 0 Å². The lowest BCUT2D eigenvalue weighted by Gasteiger charge is -2.37. The second-order valence-electron chi connectivity index (χ2n) is 7.48. The number of hydrogen-bond donors (Lipinski definition) is 1. The monoisotopic (exact) mass is 416 g/mol. The highest BCUT2D eigenvalue weighted by Gasteiger charge is 2.21. The highest BCUT2D eigenvalue weighted by atomic mass is 35.5. The molecule has 1 unspecified atom stereocenters. The van der Waals surface area contributed by atoms with Gasteiger partial charge in [-0.1, -0.05) is 24.6 Å². The average Bonchev–Trinajstić information content (AvgIpc) is 2.74. The van der Waals surface area contributed by atoms with Gasteiger partial charge in [0.1, 0.15) is 18.5 Å². The van der Waals surface area contributed by atoms with E-state index >= 15 is 0 Å². The predicted molar refractivity (Wildman–Crippen MR) is 117 cm³/mol. The maximum atomic E-state index is 11.7. The van der Waals surface area contributed by atoms with Gasteiger partial charge in [0.05, 0.1) is 0 Å². The number of nitrogens with zero attached hydrogens (tertiary/aromatic N) is 2. The first-order chi connectivity index (χ1) is 14.0. The summed E-state index contributed by atoms with van der Waals surface area (Å²) >= 11 is 6.15. The van der Waals surface area contributed by atoms with Crippen LogP contribution in [-0.2, 0) is 0 Å². The number of benzene rings is 2. The number of hydrogen-bond acceptors (Lipinski definition) is 5. The molecule has 0 saturated carbocycles. The number of aliphatic hydroxyl groups excluding tert-OH is 1. The molecule has 2 aromatic rings. The van der Waals surface area contributed by atoms with Gasteiger partial charge in [-0.3, -0.25) is 9.69 Å². The first-order valence-corrected chi connectivity index (χ1v) is 10.5. The molecule has 1 N–H and O–H groups in total. The van der Waals surface area contributed by atoms with Gasteiger partial charge in [0.2, 0.25) is 0 Å². The molecule has 5 nitrogen and oxygen atoms in total. The predicted octanol–water partition coefficient (Wildman–Crippen LogP) is 3.80. The minimum absolute atomic E-state index is 0.115. The lowest BCUT2D eigenvalue weighted by Crippen LogP contribution is -2.49. The molecule has 1 saturated heterocycles. The second-order valence-corrected chi connectivity index (χ2v) is 7.92. The summed E-state index contributed by atoms with van der Waals surface area (Å²) < 4.78 is 5.68. The normalized spacial score (nSPS) is 15.9. The fourth-order valence-corrected chi connectivity index (χ4v) is 3.75. The Kier molecular flexibility index (Phi) is 7.53. The first kappa shape index (κ1) is 21.6. The topological polar surface area (TPSA) is 53.0 Å². The minimum atomic E-state index is -0.564. The number of carbonyl (C=O) groups excluding carboxylic acids is 1. The van der Waals surface area contributed by atoms with E-state index in [4.69, 9.17) is 16.3 Å². The Bertz CT molecular complexity index is 817. The number of halogens is 1. The van der Waals surface area contributed by atoms with Crippen molar-refractivity contribution in [1.82, 2.24) is 4.90 Å². The molecule has 0 spiro atoms. The Morgan fingerprint density at radius 1 is 1.14 bits per heavy atom. The van der Waals surface area contributed by atoms with Crippen LogP contribution in [0.4, 0.5) is 5.69 Å². The van der Waals surface area contributed by atoms with Gasteiger partial charge >= 0.3 is 0 Å². The van der Waals surface area contributed by atoms with Crippen molar-refractivity contribution in [2.24, 2.45) is 0 Å². The third kappa shape index (κ3) is 5.95. The number of piperazine rings is 1. The summed E-state index contributed by atoms with van der Waals surface area (Å²) in [6.45, 7) is 8.34. The maximum Gasteiger partial charge on any atom is 0.162 e. The molecule has 1 aliphatic rings. The van der Waals surface area contributed by atoms with E-state index in [1.54, 1.807) is 24.3 Å². The van der Waals surface area contributed by atoms with Gasteiger partial charge in [-0.15, -0.1) is 0 Å². The fraction of sp³-hybridized carbons (Fsp3) is 0.435. The molecule has 1 heterocycles. The number of Topliss-reactive ketones (excluding diaryl/α,β-unsaturated/α-hetero) is 1. The SMILES string of the molecule is CCC(=O)c1ccc(OCC(O)CN2CCN(c3cc(Cl)ccc3C)CC2)cc1. The van der Waals surface area contributed by atoms with Crippen LogP contribution < -0.4 is 9.64 Å². The molecule has 29 heavy (non-hydrogen) atoms. The molecule has 0 aromatic heterocycles. The van der Waals surface area contributed by atoms with E-state index in [1.807, 2.05) is 19.1 Å². The van der Waals surface area contributed by atoms with E-state index in [2.05, 4.69) is 22.8 Å². The van der Waals surface area contributed by atoms with Crippen molar-refractivity contribution in [3.05, 3.63) is 58.6 Å². The molecule has 3 rings (SSSR count).